The molecule has 0 aliphatic carbocycles. The first kappa shape index (κ1) is 28.0. The number of sulfone groups is 1. The average Bonchev–Trinajstić information content (AvgIpc) is 3.58. The number of fused-ring (bicyclic) bond motifs is 1. The largest absolute Gasteiger partial charge is 0.453 e. The van der Waals surface area contributed by atoms with Gasteiger partial charge in [0, 0.05) is 35.8 Å². The Balaban J connectivity index is 1.48. The topological polar surface area (TPSA) is 151 Å². The molecule has 0 aliphatic rings. The fourth-order valence-corrected chi connectivity index (χ4v) is 5.66. The van der Waals surface area contributed by atoms with Crippen molar-refractivity contribution < 1.29 is 31.8 Å². The molecular weight excluding hydrogens is 554 g/mol. The van der Waals surface area contributed by atoms with Gasteiger partial charge in [0.15, 0.2) is 21.4 Å². The van der Waals surface area contributed by atoms with E-state index >= 15 is 4.39 Å². The van der Waals surface area contributed by atoms with E-state index in [1.165, 1.54) is 30.6 Å². The Bertz CT molecular complexity index is 1900. The lowest BCUT2D eigenvalue weighted by Crippen LogP contribution is -2.23. The summed E-state index contributed by atoms with van der Waals surface area (Å²) in [7, 11) is -3.92. The second kappa shape index (κ2) is 10.5. The minimum atomic E-state index is -3.92. The zero-order chi connectivity index (χ0) is 29.5. The number of nitrogens with zero attached hydrogens (tertiary/aromatic N) is 1. The number of hydrogen-bond acceptors (Lipinski definition) is 6. The van der Waals surface area contributed by atoms with Crippen molar-refractivity contribution in [2.24, 2.45) is 5.73 Å². The highest BCUT2D eigenvalue weighted by molar-refractivity contribution is 7.91. The molecule has 5 N–H and O–H groups in total. The van der Waals surface area contributed by atoms with Crippen LogP contribution in [0.5, 0.6) is 11.5 Å². The van der Waals surface area contributed by atoms with Gasteiger partial charge < -0.3 is 25.5 Å². The Labute approximate surface area is 233 Å². The van der Waals surface area contributed by atoms with Crippen LogP contribution in [0.2, 0.25) is 0 Å². The molecule has 1 unspecified atom stereocenters. The molecule has 212 valence electrons. The smallest absolute Gasteiger partial charge is 0.217 e. The number of aromatic nitrogens is 3. The fraction of sp³-hybridized carbons (Fsp3) is 0.172. The van der Waals surface area contributed by atoms with Crippen LogP contribution in [0.3, 0.4) is 0 Å². The normalized spacial score (nSPS) is 13.3. The van der Waals surface area contributed by atoms with E-state index in [4.69, 9.17) is 10.5 Å². The number of nitrogens with one attached hydrogen (secondary N) is 2. The van der Waals surface area contributed by atoms with Crippen LogP contribution in [0, 0.1) is 11.6 Å². The fourth-order valence-electron chi connectivity index (χ4n) is 4.61. The van der Waals surface area contributed by atoms with Gasteiger partial charge in [-0.2, -0.15) is 0 Å². The molecule has 0 aliphatic heterocycles. The number of aliphatic hydroxyl groups is 1. The highest BCUT2D eigenvalue weighted by Crippen LogP contribution is 2.39. The summed E-state index contributed by atoms with van der Waals surface area (Å²) in [4.78, 5) is 20.8. The SMILES string of the molecule is CC(O)(c1cccc(CCC(N)=O)c1)c1cnc(-c2cc(Oc3c(F)cc4[nH]ccc4c3S(C)(=O)=O)ccc2F)[nH]1. The number of imidazole rings is 1. The standard InChI is InChI=1S/C29H26F2N4O5S/c1-29(37,17-5-3-4-16(12-17)6-9-25(32)36)24-15-34-28(35-24)20-13-18(7-8-21(20)30)40-26-22(31)14-23-19(10-11-33-23)27(26)41(2,38)39/h3-5,7-8,10-15,33,37H,6,9H2,1-2H3,(H2,32,36)(H,34,35). The van der Waals surface area contributed by atoms with Crippen molar-refractivity contribution >= 4 is 26.6 Å². The summed E-state index contributed by atoms with van der Waals surface area (Å²) in [5.41, 5.74) is 5.48. The summed E-state index contributed by atoms with van der Waals surface area (Å²) in [6.07, 6.45) is 4.36. The van der Waals surface area contributed by atoms with E-state index in [-0.39, 0.29) is 45.1 Å². The van der Waals surface area contributed by atoms with Crippen LogP contribution in [-0.4, -0.2) is 40.6 Å². The van der Waals surface area contributed by atoms with Crippen LogP contribution in [0.15, 0.2) is 71.9 Å². The van der Waals surface area contributed by atoms with E-state index in [2.05, 4.69) is 15.0 Å². The Morgan fingerprint density at radius 2 is 1.90 bits per heavy atom. The van der Waals surface area contributed by atoms with E-state index in [1.54, 1.807) is 25.1 Å². The molecule has 12 heteroatoms. The van der Waals surface area contributed by atoms with Crippen molar-refractivity contribution in [3.05, 3.63) is 95.4 Å². The lowest BCUT2D eigenvalue weighted by molar-refractivity contribution is -0.117. The van der Waals surface area contributed by atoms with Gasteiger partial charge in [0.2, 0.25) is 5.91 Å². The third-order valence-corrected chi connectivity index (χ3v) is 7.90. The molecule has 0 bridgehead atoms. The molecule has 2 heterocycles. The number of halogens is 2. The number of carbonyl (C=O) groups excluding carboxylic acids is 1. The number of hydrogen-bond donors (Lipinski definition) is 4. The summed E-state index contributed by atoms with van der Waals surface area (Å²) < 4.78 is 60.8. The second-order valence-corrected chi connectivity index (χ2v) is 11.8. The summed E-state index contributed by atoms with van der Waals surface area (Å²) in [5, 5.41) is 11.6. The van der Waals surface area contributed by atoms with Crippen LogP contribution in [0.1, 0.15) is 30.2 Å². The Hall–Kier alpha value is -4.55. The Morgan fingerprint density at radius 1 is 1.12 bits per heavy atom. The minimum Gasteiger partial charge on any atom is -0.453 e. The lowest BCUT2D eigenvalue weighted by Gasteiger charge is -2.23. The van der Waals surface area contributed by atoms with Crippen LogP contribution in [0.25, 0.3) is 22.3 Å². The predicted octanol–water partition coefficient (Wildman–Crippen LogP) is 4.71. The highest BCUT2D eigenvalue weighted by Gasteiger charge is 2.29. The number of aromatic amines is 2. The lowest BCUT2D eigenvalue weighted by atomic mass is 9.91. The van der Waals surface area contributed by atoms with Crippen molar-refractivity contribution in [1.82, 2.24) is 15.0 Å². The van der Waals surface area contributed by atoms with E-state index in [0.717, 1.165) is 24.0 Å². The molecule has 1 amide bonds. The summed E-state index contributed by atoms with van der Waals surface area (Å²) >= 11 is 0. The molecule has 41 heavy (non-hydrogen) atoms. The number of primary amides is 1. The molecule has 0 saturated heterocycles. The monoisotopic (exact) mass is 580 g/mol. The third kappa shape index (κ3) is 5.56. The number of aryl methyl sites for hydroxylation is 1. The number of ether oxygens (including phenoxy) is 1. The van der Waals surface area contributed by atoms with E-state index in [1.807, 2.05) is 6.07 Å². The van der Waals surface area contributed by atoms with Gasteiger partial charge in [-0.25, -0.2) is 22.2 Å². The Morgan fingerprint density at radius 3 is 2.63 bits per heavy atom. The van der Waals surface area contributed by atoms with Crippen molar-refractivity contribution in [2.75, 3.05) is 6.26 Å². The molecule has 9 nitrogen and oxygen atoms in total. The van der Waals surface area contributed by atoms with Crippen molar-refractivity contribution in [3.8, 4) is 22.9 Å². The first-order chi connectivity index (χ1) is 19.3. The summed E-state index contributed by atoms with van der Waals surface area (Å²) in [5.74, 6) is -2.54. The molecule has 5 rings (SSSR count). The molecular formula is C29H26F2N4O5S. The maximum absolute atomic E-state index is 15.0. The van der Waals surface area contributed by atoms with Crippen LogP contribution in [0.4, 0.5) is 8.78 Å². The zero-order valence-electron chi connectivity index (χ0n) is 22.0. The van der Waals surface area contributed by atoms with Crippen LogP contribution < -0.4 is 10.5 Å². The van der Waals surface area contributed by atoms with Crippen LogP contribution in [-0.2, 0) is 26.7 Å². The van der Waals surface area contributed by atoms with E-state index < -0.39 is 38.7 Å². The van der Waals surface area contributed by atoms with Gasteiger partial charge in [-0.15, -0.1) is 0 Å². The quantitative estimate of drug-likeness (QED) is 0.198. The summed E-state index contributed by atoms with van der Waals surface area (Å²) in [6, 6.07) is 13.2. The Kier molecular flexibility index (Phi) is 7.14. The van der Waals surface area contributed by atoms with Gasteiger partial charge in [0.05, 0.1) is 17.5 Å². The number of carbonyl (C=O) groups is 1. The van der Waals surface area contributed by atoms with Crippen LogP contribution >= 0.6 is 0 Å². The molecule has 0 saturated carbocycles. The van der Waals surface area contributed by atoms with Crippen molar-refractivity contribution in [2.45, 2.75) is 30.3 Å². The number of rotatable bonds is 9. The predicted molar refractivity (Wildman–Crippen MR) is 148 cm³/mol. The van der Waals surface area contributed by atoms with Gasteiger partial charge in [-0.1, -0.05) is 24.3 Å². The zero-order valence-corrected chi connectivity index (χ0v) is 22.9. The molecule has 5 aromatic rings. The number of amides is 1. The average molecular weight is 581 g/mol. The van der Waals surface area contributed by atoms with E-state index in [0.29, 0.717) is 12.0 Å². The van der Waals surface area contributed by atoms with Gasteiger partial charge in [0.1, 0.15) is 27.9 Å². The van der Waals surface area contributed by atoms with Gasteiger partial charge in [-0.3, -0.25) is 4.79 Å². The number of H-pyrrole nitrogens is 2. The number of nitrogens with two attached hydrogens (primary N) is 1. The molecule has 0 radical (unpaired) electrons. The maximum atomic E-state index is 15.0. The first-order valence-corrected chi connectivity index (χ1v) is 14.4. The molecule has 0 fully saturated rings. The highest BCUT2D eigenvalue weighted by atomic mass is 32.2. The summed E-state index contributed by atoms with van der Waals surface area (Å²) in [6.45, 7) is 1.54. The van der Waals surface area contributed by atoms with Crippen molar-refractivity contribution in [1.29, 1.82) is 0 Å². The van der Waals surface area contributed by atoms with Gasteiger partial charge in [0.25, 0.3) is 0 Å². The maximum Gasteiger partial charge on any atom is 0.217 e. The minimum absolute atomic E-state index is 0.0352. The van der Waals surface area contributed by atoms with E-state index in [9.17, 15) is 22.7 Å². The number of benzene rings is 3. The van der Waals surface area contributed by atoms with Gasteiger partial charge >= 0.3 is 0 Å². The van der Waals surface area contributed by atoms with Crippen molar-refractivity contribution in [3.63, 3.8) is 0 Å². The molecule has 1 atom stereocenters. The molecule has 2 aromatic heterocycles. The van der Waals surface area contributed by atoms with Gasteiger partial charge in [-0.05, 0) is 48.7 Å². The molecule has 0 spiro atoms. The third-order valence-electron chi connectivity index (χ3n) is 6.75. The first-order valence-electron chi connectivity index (χ1n) is 12.5. The molecule has 3 aromatic carbocycles. The second-order valence-electron chi connectivity index (χ2n) is 9.86.